The van der Waals surface area contributed by atoms with Gasteiger partial charge in [-0.05, 0) is 49.8 Å². The number of nitrogens with one attached hydrogen (secondary N) is 1. The summed E-state index contributed by atoms with van der Waals surface area (Å²) in [6.07, 6.45) is -0.807. The van der Waals surface area contributed by atoms with Crippen LogP contribution in [-0.4, -0.2) is 5.91 Å². The summed E-state index contributed by atoms with van der Waals surface area (Å²) in [6, 6.07) is 2.98. The first kappa shape index (κ1) is 15.7. The second kappa shape index (κ2) is 5.95. The number of carbonyl (C=O) groups is 1. The van der Waals surface area contributed by atoms with E-state index in [1.165, 1.54) is 6.07 Å². The number of nitrogens with two attached hydrogens (primary N) is 1. The molecule has 1 fully saturated rings. The van der Waals surface area contributed by atoms with E-state index in [-0.39, 0.29) is 23.2 Å². The van der Waals surface area contributed by atoms with Crippen LogP contribution in [0, 0.1) is 11.8 Å². The Balaban J connectivity index is 2.04. The van der Waals surface area contributed by atoms with Crippen molar-refractivity contribution in [2.24, 2.45) is 11.8 Å². The lowest BCUT2D eigenvalue weighted by Gasteiger charge is -2.25. The van der Waals surface area contributed by atoms with Crippen LogP contribution in [0.15, 0.2) is 18.2 Å². The van der Waals surface area contributed by atoms with Gasteiger partial charge in [-0.3, -0.25) is 4.79 Å². The lowest BCUT2D eigenvalue weighted by atomic mass is 9.82. The van der Waals surface area contributed by atoms with Crippen LogP contribution in [-0.2, 0) is 11.0 Å². The maximum atomic E-state index is 12.5. The molecule has 116 valence electrons. The first-order valence-electron chi connectivity index (χ1n) is 7.05. The van der Waals surface area contributed by atoms with E-state index in [0.29, 0.717) is 5.92 Å². The van der Waals surface area contributed by atoms with Crippen molar-refractivity contribution in [3.8, 4) is 0 Å². The Kier molecular flexibility index (Phi) is 4.44. The number of halogens is 3. The van der Waals surface area contributed by atoms with Crippen molar-refractivity contribution in [2.75, 3.05) is 11.1 Å². The second-order valence-electron chi connectivity index (χ2n) is 5.75. The number of alkyl halides is 3. The molecule has 1 aromatic rings. The quantitative estimate of drug-likeness (QED) is 0.809. The SMILES string of the molecule is CC1CCC(C(=O)Nc2ccc(C(F)(F)F)cc2N)CC1. The highest BCUT2D eigenvalue weighted by atomic mass is 19.4. The normalized spacial score (nSPS) is 22.9. The summed E-state index contributed by atoms with van der Waals surface area (Å²) in [4.78, 5) is 12.1. The van der Waals surface area contributed by atoms with Gasteiger partial charge in [0.25, 0.3) is 0 Å². The number of nitrogen functional groups attached to an aromatic ring is 1. The van der Waals surface area contributed by atoms with E-state index in [1.807, 2.05) is 0 Å². The molecule has 0 aliphatic heterocycles. The first-order chi connectivity index (χ1) is 9.77. The molecule has 0 atom stereocenters. The summed E-state index contributed by atoms with van der Waals surface area (Å²) >= 11 is 0. The Labute approximate surface area is 121 Å². The average molecular weight is 300 g/mol. The maximum absolute atomic E-state index is 12.5. The highest BCUT2D eigenvalue weighted by Gasteiger charge is 2.31. The molecule has 1 aliphatic carbocycles. The van der Waals surface area contributed by atoms with Crippen LogP contribution in [0.1, 0.15) is 38.2 Å². The Bertz CT molecular complexity index is 520. The van der Waals surface area contributed by atoms with E-state index in [9.17, 15) is 18.0 Å². The number of carbonyl (C=O) groups excluding carboxylic acids is 1. The van der Waals surface area contributed by atoms with Gasteiger partial charge in [-0.15, -0.1) is 0 Å². The molecule has 0 aromatic heterocycles. The van der Waals surface area contributed by atoms with E-state index in [1.54, 1.807) is 0 Å². The Morgan fingerprint density at radius 3 is 2.38 bits per heavy atom. The molecule has 3 N–H and O–H groups in total. The van der Waals surface area contributed by atoms with Crippen molar-refractivity contribution >= 4 is 17.3 Å². The standard InChI is InChI=1S/C15H19F3N2O/c1-9-2-4-10(5-3-9)14(21)20-13-7-6-11(8-12(13)19)15(16,17)18/h6-10H,2-5,19H2,1H3,(H,20,21). The number of hydrogen-bond donors (Lipinski definition) is 2. The van der Waals surface area contributed by atoms with Crippen molar-refractivity contribution in [3.05, 3.63) is 23.8 Å². The van der Waals surface area contributed by atoms with Crippen LogP contribution in [0.5, 0.6) is 0 Å². The fraction of sp³-hybridized carbons (Fsp3) is 0.533. The molecule has 0 unspecified atom stereocenters. The smallest absolute Gasteiger partial charge is 0.397 e. The van der Waals surface area contributed by atoms with Crippen LogP contribution in [0.4, 0.5) is 24.5 Å². The minimum Gasteiger partial charge on any atom is -0.397 e. The van der Waals surface area contributed by atoms with Gasteiger partial charge in [0.05, 0.1) is 16.9 Å². The van der Waals surface area contributed by atoms with Gasteiger partial charge in [0.15, 0.2) is 0 Å². The zero-order chi connectivity index (χ0) is 15.6. The number of benzene rings is 1. The average Bonchev–Trinajstić information content (AvgIpc) is 2.40. The van der Waals surface area contributed by atoms with Crippen LogP contribution >= 0.6 is 0 Å². The number of anilines is 2. The molecular weight excluding hydrogens is 281 g/mol. The maximum Gasteiger partial charge on any atom is 0.416 e. The predicted octanol–water partition coefficient (Wildman–Crippen LogP) is 4.05. The van der Waals surface area contributed by atoms with Crippen LogP contribution in [0.2, 0.25) is 0 Å². The molecule has 1 aliphatic rings. The number of amides is 1. The van der Waals surface area contributed by atoms with Gasteiger partial charge in [-0.2, -0.15) is 13.2 Å². The van der Waals surface area contributed by atoms with Gasteiger partial charge in [0.2, 0.25) is 5.91 Å². The monoisotopic (exact) mass is 300 g/mol. The predicted molar refractivity (Wildman–Crippen MR) is 75.6 cm³/mol. The number of rotatable bonds is 2. The fourth-order valence-electron chi connectivity index (χ4n) is 2.61. The largest absolute Gasteiger partial charge is 0.416 e. The van der Waals surface area contributed by atoms with Crippen molar-refractivity contribution in [3.63, 3.8) is 0 Å². The van der Waals surface area contributed by atoms with Gasteiger partial charge < -0.3 is 11.1 Å². The van der Waals surface area contributed by atoms with E-state index in [4.69, 9.17) is 5.73 Å². The third-order valence-electron chi connectivity index (χ3n) is 4.02. The molecule has 0 radical (unpaired) electrons. The molecule has 1 saturated carbocycles. The van der Waals surface area contributed by atoms with Crippen molar-refractivity contribution in [2.45, 2.75) is 38.8 Å². The molecule has 1 aromatic carbocycles. The molecule has 6 heteroatoms. The van der Waals surface area contributed by atoms with E-state index >= 15 is 0 Å². The lowest BCUT2D eigenvalue weighted by Crippen LogP contribution is -2.27. The molecule has 0 saturated heterocycles. The lowest BCUT2D eigenvalue weighted by molar-refractivity contribution is -0.137. The van der Waals surface area contributed by atoms with Gasteiger partial charge in [0.1, 0.15) is 0 Å². The van der Waals surface area contributed by atoms with Gasteiger partial charge >= 0.3 is 6.18 Å². The first-order valence-corrected chi connectivity index (χ1v) is 7.05. The third kappa shape index (κ3) is 3.89. The molecule has 2 rings (SSSR count). The summed E-state index contributed by atoms with van der Waals surface area (Å²) in [6.45, 7) is 2.15. The molecule has 0 bridgehead atoms. The molecular formula is C15H19F3N2O. The molecule has 0 spiro atoms. The molecule has 3 nitrogen and oxygen atoms in total. The van der Waals surface area contributed by atoms with E-state index in [2.05, 4.69) is 12.2 Å². The summed E-state index contributed by atoms with van der Waals surface area (Å²) < 4.78 is 37.6. The van der Waals surface area contributed by atoms with Gasteiger partial charge in [0, 0.05) is 5.92 Å². The second-order valence-corrected chi connectivity index (χ2v) is 5.75. The van der Waals surface area contributed by atoms with Crippen molar-refractivity contribution < 1.29 is 18.0 Å². The van der Waals surface area contributed by atoms with E-state index in [0.717, 1.165) is 37.8 Å². The van der Waals surface area contributed by atoms with Crippen LogP contribution < -0.4 is 11.1 Å². The van der Waals surface area contributed by atoms with Crippen molar-refractivity contribution in [1.82, 2.24) is 0 Å². The van der Waals surface area contributed by atoms with Gasteiger partial charge in [-0.1, -0.05) is 6.92 Å². The minimum absolute atomic E-state index is 0.0673. The minimum atomic E-state index is -4.43. The highest BCUT2D eigenvalue weighted by Crippen LogP contribution is 2.34. The van der Waals surface area contributed by atoms with Crippen LogP contribution in [0.3, 0.4) is 0 Å². The Morgan fingerprint density at radius 2 is 1.86 bits per heavy atom. The summed E-state index contributed by atoms with van der Waals surface area (Å²) in [7, 11) is 0. The summed E-state index contributed by atoms with van der Waals surface area (Å²) in [5.74, 6) is 0.390. The summed E-state index contributed by atoms with van der Waals surface area (Å²) in [5, 5.41) is 2.64. The van der Waals surface area contributed by atoms with Gasteiger partial charge in [-0.25, -0.2) is 0 Å². The fourth-order valence-corrected chi connectivity index (χ4v) is 2.61. The molecule has 21 heavy (non-hydrogen) atoms. The molecule has 1 amide bonds. The highest BCUT2D eigenvalue weighted by molar-refractivity contribution is 5.95. The van der Waals surface area contributed by atoms with Crippen LogP contribution in [0.25, 0.3) is 0 Å². The Morgan fingerprint density at radius 1 is 1.24 bits per heavy atom. The summed E-state index contributed by atoms with van der Waals surface area (Å²) in [5.41, 5.74) is 4.96. The van der Waals surface area contributed by atoms with E-state index < -0.39 is 11.7 Å². The Hall–Kier alpha value is -1.72. The third-order valence-corrected chi connectivity index (χ3v) is 4.02. The topological polar surface area (TPSA) is 55.1 Å². The zero-order valence-corrected chi connectivity index (χ0v) is 11.8. The zero-order valence-electron chi connectivity index (χ0n) is 11.8. The molecule has 0 heterocycles. The van der Waals surface area contributed by atoms with Crippen molar-refractivity contribution in [1.29, 1.82) is 0 Å². The number of hydrogen-bond acceptors (Lipinski definition) is 2.